The molecule has 5 nitrogen and oxygen atoms in total. The molecule has 116 valence electrons. The molecule has 0 saturated carbocycles. The molecule has 6 heteroatoms. The molecule has 21 heavy (non-hydrogen) atoms. The lowest BCUT2D eigenvalue weighted by Gasteiger charge is -2.28. The third-order valence-electron chi connectivity index (χ3n) is 2.87. The van der Waals surface area contributed by atoms with Gasteiger partial charge in [0.1, 0.15) is 5.75 Å². The Morgan fingerprint density at radius 1 is 1.29 bits per heavy atom. The van der Waals surface area contributed by atoms with E-state index in [1.165, 1.54) is 6.08 Å². The molecule has 0 radical (unpaired) electrons. The molecular formula is C15H22NO4P. The molecule has 1 aromatic rings. The van der Waals surface area contributed by atoms with Crippen molar-refractivity contribution in [3.05, 3.63) is 43.0 Å². The Balaban J connectivity index is 2.81. The number of nitrogens with zero attached hydrogens (tertiary/aromatic N) is 1. The van der Waals surface area contributed by atoms with Gasteiger partial charge in [0.05, 0.1) is 6.61 Å². The van der Waals surface area contributed by atoms with Crippen LogP contribution in [0.1, 0.15) is 20.3 Å². The van der Waals surface area contributed by atoms with Gasteiger partial charge in [-0.15, -0.1) is 0 Å². The van der Waals surface area contributed by atoms with Crippen LogP contribution in [0.4, 0.5) is 0 Å². The lowest BCUT2D eigenvalue weighted by Crippen LogP contribution is -2.24. The van der Waals surface area contributed by atoms with Crippen LogP contribution in [-0.2, 0) is 13.9 Å². The van der Waals surface area contributed by atoms with E-state index in [-0.39, 0.29) is 18.8 Å². The highest BCUT2D eigenvalue weighted by molar-refractivity contribution is 7.51. The molecule has 0 saturated heterocycles. The minimum absolute atomic E-state index is 0.0332. The molecule has 1 rings (SSSR count). The maximum absolute atomic E-state index is 13.0. The van der Waals surface area contributed by atoms with Gasteiger partial charge in [-0.3, -0.25) is 9.32 Å². The van der Waals surface area contributed by atoms with Crippen LogP contribution in [0.2, 0.25) is 0 Å². The zero-order valence-corrected chi connectivity index (χ0v) is 13.4. The lowest BCUT2D eigenvalue weighted by atomic mass is 10.3. The van der Waals surface area contributed by atoms with Crippen LogP contribution in [0.15, 0.2) is 43.0 Å². The van der Waals surface area contributed by atoms with Crippen molar-refractivity contribution in [1.29, 1.82) is 0 Å². The molecule has 0 aromatic heterocycles. The van der Waals surface area contributed by atoms with Crippen LogP contribution in [0, 0.1) is 0 Å². The molecule has 0 aliphatic rings. The summed E-state index contributed by atoms with van der Waals surface area (Å²) in [6.07, 6.45) is 1.36. The van der Waals surface area contributed by atoms with Crippen molar-refractivity contribution in [3.8, 4) is 5.75 Å². The maximum atomic E-state index is 13.0. The number of ketones is 1. The fourth-order valence-electron chi connectivity index (χ4n) is 1.71. The highest BCUT2D eigenvalue weighted by atomic mass is 31.2. The van der Waals surface area contributed by atoms with E-state index in [2.05, 4.69) is 6.58 Å². The fourth-order valence-corrected chi connectivity index (χ4v) is 3.45. The summed E-state index contributed by atoms with van der Waals surface area (Å²) < 4.78 is 25.6. The van der Waals surface area contributed by atoms with Gasteiger partial charge in [-0.05, 0) is 18.2 Å². The third-order valence-corrected chi connectivity index (χ3v) is 5.08. The third kappa shape index (κ3) is 5.46. The number of allylic oxidation sites excluding steroid dienone is 1. The Labute approximate surface area is 126 Å². The van der Waals surface area contributed by atoms with E-state index in [4.69, 9.17) is 9.05 Å². The van der Waals surface area contributed by atoms with Gasteiger partial charge < -0.3 is 4.52 Å². The fraction of sp³-hybridized carbons (Fsp3) is 0.400. The minimum Gasteiger partial charge on any atom is -0.413 e. The molecule has 0 amide bonds. The molecule has 1 atom stereocenters. The summed E-state index contributed by atoms with van der Waals surface area (Å²) in [6, 6.07) is 8.87. The monoisotopic (exact) mass is 311 g/mol. The van der Waals surface area contributed by atoms with E-state index < -0.39 is 7.75 Å². The highest BCUT2D eigenvalue weighted by Gasteiger charge is 2.33. The van der Waals surface area contributed by atoms with Crippen LogP contribution in [0.5, 0.6) is 5.75 Å². The number of hydrogen-bond donors (Lipinski definition) is 0. The Bertz CT molecular complexity index is 500. The average Bonchev–Trinajstić information content (AvgIpc) is 2.49. The van der Waals surface area contributed by atoms with Crippen molar-refractivity contribution in [2.24, 2.45) is 0 Å². The quantitative estimate of drug-likeness (QED) is 0.487. The van der Waals surface area contributed by atoms with Gasteiger partial charge in [-0.25, -0.2) is 4.57 Å². The first kappa shape index (κ1) is 17.6. The summed E-state index contributed by atoms with van der Waals surface area (Å²) in [6.45, 7) is 8.23. The molecule has 1 unspecified atom stereocenters. The van der Waals surface area contributed by atoms with Crippen molar-refractivity contribution in [2.45, 2.75) is 20.3 Å². The van der Waals surface area contributed by atoms with Crippen LogP contribution in [0.25, 0.3) is 0 Å². The Morgan fingerprint density at radius 3 is 2.43 bits per heavy atom. The van der Waals surface area contributed by atoms with Gasteiger partial charge in [-0.2, -0.15) is 4.67 Å². The normalized spacial score (nSPS) is 13.7. The van der Waals surface area contributed by atoms with E-state index in [9.17, 15) is 9.36 Å². The number of rotatable bonds is 10. The van der Waals surface area contributed by atoms with Gasteiger partial charge in [-0.1, -0.05) is 38.6 Å². The molecule has 0 N–H and O–H groups in total. The number of para-hydroxylation sites is 1. The average molecular weight is 311 g/mol. The summed E-state index contributed by atoms with van der Waals surface area (Å²) in [5.41, 5.74) is 0. The minimum atomic E-state index is -3.47. The van der Waals surface area contributed by atoms with Crippen LogP contribution in [-0.4, -0.2) is 30.2 Å². The first-order valence-corrected chi connectivity index (χ1v) is 8.45. The standard InChI is InChI=1S/C15H22NO4P/c1-4-14(17)12-13-19-21(18,16(5-2)6-3)20-15-10-8-7-9-11-15/h4,7-11H,1,5-6,12-13H2,2-3H3. The molecule has 0 aliphatic heterocycles. The van der Waals surface area contributed by atoms with Crippen molar-refractivity contribution in [1.82, 2.24) is 4.67 Å². The molecule has 1 aromatic carbocycles. The van der Waals surface area contributed by atoms with Gasteiger partial charge in [0.25, 0.3) is 0 Å². The number of benzene rings is 1. The Morgan fingerprint density at radius 2 is 1.90 bits per heavy atom. The van der Waals surface area contributed by atoms with Gasteiger partial charge in [0, 0.05) is 19.5 Å². The number of hydrogen-bond acceptors (Lipinski definition) is 4. The van der Waals surface area contributed by atoms with E-state index in [0.29, 0.717) is 18.8 Å². The smallest absolute Gasteiger partial charge is 0.413 e. The summed E-state index contributed by atoms with van der Waals surface area (Å²) in [5, 5.41) is 0. The van der Waals surface area contributed by atoms with E-state index in [0.717, 1.165) is 0 Å². The molecule has 0 fully saturated rings. The van der Waals surface area contributed by atoms with Crippen LogP contribution >= 0.6 is 7.75 Å². The topological polar surface area (TPSA) is 55.8 Å². The number of carbonyl (C=O) groups is 1. The predicted molar refractivity (Wildman–Crippen MR) is 83.4 cm³/mol. The zero-order chi connectivity index (χ0) is 15.7. The molecule has 0 aliphatic carbocycles. The lowest BCUT2D eigenvalue weighted by molar-refractivity contribution is -0.115. The van der Waals surface area contributed by atoms with Crippen molar-refractivity contribution in [3.63, 3.8) is 0 Å². The maximum Gasteiger partial charge on any atom is 0.461 e. The second-order valence-corrected chi connectivity index (χ2v) is 6.21. The molecule has 0 heterocycles. The second kappa shape index (κ2) is 8.78. The largest absolute Gasteiger partial charge is 0.461 e. The van der Waals surface area contributed by atoms with Crippen LogP contribution < -0.4 is 4.52 Å². The van der Waals surface area contributed by atoms with Gasteiger partial charge in [0.2, 0.25) is 0 Å². The SMILES string of the molecule is C=CC(=O)CCOP(=O)(Oc1ccccc1)N(CC)CC. The highest BCUT2D eigenvalue weighted by Crippen LogP contribution is 2.51. The summed E-state index contributed by atoms with van der Waals surface area (Å²) >= 11 is 0. The van der Waals surface area contributed by atoms with Crippen molar-refractivity contribution < 1.29 is 18.4 Å². The molecular weight excluding hydrogens is 289 g/mol. The predicted octanol–water partition coefficient (Wildman–Crippen LogP) is 3.68. The van der Waals surface area contributed by atoms with E-state index in [1.807, 2.05) is 19.9 Å². The van der Waals surface area contributed by atoms with Crippen LogP contribution in [0.3, 0.4) is 0 Å². The summed E-state index contributed by atoms with van der Waals surface area (Å²) in [4.78, 5) is 11.2. The van der Waals surface area contributed by atoms with Crippen molar-refractivity contribution >= 4 is 13.5 Å². The molecule has 0 spiro atoms. The first-order valence-electron chi connectivity index (χ1n) is 6.95. The van der Waals surface area contributed by atoms with Gasteiger partial charge in [0.15, 0.2) is 5.78 Å². The Hall–Kier alpha value is -1.42. The number of carbonyl (C=O) groups excluding carboxylic acids is 1. The first-order chi connectivity index (χ1) is 10.1. The van der Waals surface area contributed by atoms with E-state index >= 15 is 0 Å². The van der Waals surface area contributed by atoms with E-state index in [1.54, 1.807) is 28.9 Å². The summed E-state index contributed by atoms with van der Waals surface area (Å²) in [7, 11) is -3.47. The van der Waals surface area contributed by atoms with Gasteiger partial charge >= 0.3 is 7.75 Å². The summed E-state index contributed by atoms with van der Waals surface area (Å²) in [5.74, 6) is 0.323. The second-order valence-electron chi connectivity index (χ2n) is 4.27. The zero-order valence-electron chi connectivity index (χ0n) is 12.5. The molecule has 0 bridgehead atoms. The van der Waals surface area contributed by atoms with Crippen molar-refractivity contribution in [2.75, 3.05) is 19.7 Å². The Kier molecular flexibility index (Phi) is 7.37.